The van der Waals surface area contributed by atoms with Crippen molar-refractivity contribution in [1.29, 1.82) is 0 Å². The predicted molar refractivity (Wildman–Crippen MR) is 126 cm³/mol. The van der Waals surface area contributed by atoms with Gasteiger partial charge >= 0.3 is 0 Å². The van der Waals surface area contributed by atoms with Crippen molar-refractivity contribution in [3.8, 4) is 28.4 Å². The van der Waals surface area contributed by atoms with Crippen molar-refractivity contribution >= 4 is 40.6 Å². The van der Waals surface area contributed by atoms with Crippen LogP contribution in [0.5, 0.6) is 5.75 Å². The van der Waals surface area contributed by atoms with Crippen molar-refractivity contribution in [2.24, 2.45) is 9.98 Å². The number of rotatable bonds is 5. The maximum atomic E-state index is 13.9. The van der Waals surface area contributed by atoms with E-state index in [0.717, 1.165) is 28.2 Å². The van der Waals surface area contributed by atoms with Crippen molar-refractivity contribution in [1.82, 2.24) is 30.1 Å². The number of halogens is 1. The predicted octanol–water partition coefficient (Wildman–Crippen LogP) is 4.50. The SMILES string of the molecule is C=NC=N/C=C(\C)c1cc2c(-c3nc4c(-c5cc(O)cc(F)c5)cncc4[nH]3)n[nH]c2cn1. The van der Waals surface area contributed by atoms with Crippen LogP contribution in [0.25, 0.3) is 50.2 Å². The Morgan fingerprint density at radius 3 is 2.85 bits per heavy atom. The van der Waals surface area contributed by atoms with Crippen LogP contribution in [0.3, 0.4) is 0 Å². The van der Waals surface area contributed by atoms with E-state index < -0.39 is 5.82 Å². The number of aromatic amines is 2. The van der Waals surface area contributed by atoms with Crippen LogP contribution in [0.4, 0.5) is 4.39 Å². The lowest BCUT2D eigenvalue weighted by Gasteiger charge is -2.03. The molecular formula is C23H17FN8O. The minimum atomic E-state index is -0.548. The molecule has 9 nitrogen and oxygen atoms in total. The summed E-state index contributed by atoms with van der Waals surface area (Å²) in [6, 6.07) is 5.74. The first-order valence-corrected chi connectivity index (χ1v) is 9.86. The minimum Gasteiger partial charge on any atom is -0.508 e. The molecule has 0 fully saturated rings. The molecule has 0 radical (unpaired) electrons. The molecule has 3 N–H and O–H groups in total. The van der Waals surface area contributed by atoms with Gasteiger partial charge in [-0.3, -0.25) is 20.1 Å². The number of aliphatic imine (C=N–C) groups is 2. The van der Waals surface area contributed by atoms with Crippen LogP contribution < -0.4 is 0 Å². The fraction of sp³-hybridized carbons (Fsp3) is 0.0435. The van der Waals surface area contributed by atoms with E-state index in [-0.39, 0.29) is 5.75 Å². The number of H-pyrrole nitrogens is 2. The second kappa shape index (κ2) is 8.08. The number of hydrogen-bond acceptors (Lipinski definition) is 6. The van der Waals surface area contributed by atoms with Gasteiger partial charge in [0.1, 0.15) is 23.6 Å². The summed E-state index contributed by atoms with van der Waals surface area (Å²) >= 11 is 0. The number of benzene rings is 1. The van der Waals surface area contributed by atoms with Crippen molar-refractivity contribution in [2.75, 3.05) is 0 Å². The van der Waals surface area contributed by atoms with E-state index in [1.54, 1.807) is 24.8 Å². The molecule has 0 aliphatic heterocycles. The van der Waals surface area contributed by atoms with Gasteiger partial charge in [-0.1, -0.05) is 0 Å². The van der Waals surface area contributed by atoms with Crippen LogP contribution in [0, 0.1) is 5.82 Å². The Hall–Kier alpha value is -4.73. The monoisotopic (exact) mass is 440 g/mol. The summed E-state index contributed by atoms with van der Waals surface area (Å²) in [4.78, 5) is 24.3. The highest BCUT2D eigenvalue weighted by Crippen LogP contribution is 2.32. The molecule has 5 aromatic rings. The number of aromatic hydroxyl groups is 1. The number of phenols is 1. The summed E-state index contributed by atoms with van der Waals surface area (Å²) in [5, 5.41) is 18.0. The molecule has 0 aliphatic carbocycles. The molecule has 162 valence electrons. The number of phenolic OH excluding ortho intramolecular Hbond substituents is 1. The largest absolute Gasteiger partial charge is 0.508 e. The molecule has 0 amide bonds. The van der Waals surface area contributed by atoms with E-state index in [2.05, 4.69) is 41.9 Å². The Labute approximate surface area is 186 Å². The molecule has 0 spiro atoms. The van der Waals surface area contributed by atoms with Crippen LogP contribution in [0.15, 0.2) is 59.0 Å². The number of allylic oxidation sites excluding steroid dienone is 1. The van der Waals surface area contributed by atoms with E-state index in [4.69, 9.17) is 4.98 Å². The molecule has 4 aromatic heterocycles. The Kier molecular flexibility index (Phi) is 4.94. The zero-order chi connectivity index (χ0) is 22.9. The minimum absolute atomic E-state index is 0.173. The third-order valence-corrected chi connectivity index (χ3v) is 5.08. The molecule has 10 heteroatoms. The Bertz CT molecular complexity index is 1560. The number of imidazole rings is 1. The molecule has 1 aromatic carbocycles. The average Bonchev–Trinajstić information content (AvgIpc) is 3.41. The van der Waals surface area contributed by atoms with E-state index in [0.29, 0.717) is 33.7 Å². The number of nitrogens with one attached hydrogen (secondary N) is 2. The van der Waals surface area contributed by atoms with Crippen LogP contribution in [-0.4, -0.2) is 48.3 Å². The molecular weight excluding hydrogens is 423 g/mol. The van der Waals surface area contributed by atoms with Gasteiger partial charge in [-0.05, 0) is 43.0 Å². The lowest BCUT2D eigenvalue weighted by Crippen LogP contribution is -1.87. The maximum Gasteiger partial charge on any atom is 0.159 e. The highest BCUT2D eigenvalue weighted by Gasteiger charge is 2.17. The second-order valence-electron chi connectivity index (χ2n) is 7.31. The van der Waals surface area contributed by atoms with Crippen molar-refractivity contribution in [3.05, 3.63) is 60.6 Å². The zero-order valence-corrected chi connectivity index (χ0v) is 17.4. The van der Waals surface area contributed by atoms with Crippen LogP contribution >= 0.6 is 0 Å². The summed E-state index contributed by atoms with van der Waals surface area (Å²) in [5.41, 5.74) is 5.19. The van der Waals surface area contributed by atoms with Crippen molar-refractivity contribution < 1.29 is 9.50 Å². The molecule has 0 unspecified atom stereocenters. The number of hydrogen-bond donors (Lipinski definition) is 3. The van der Waals surface area contributed by atoms with Gasteiger partial charge in [0, 0.05) is 29.4 Å². The lowest BCUT2D eigenvalue weighted by molar-refractivity contribution is 0.469. The highest BCUT2D eigenvalue weighted by atomic mass is 19.1. The first kappa shape index (κ1) is 20.2. The van der Waals surface area contributed by atoms with Gasteiger partial charge in [0.25, 0.3) is 0 Å². The lowest BCUT2D eigenvalue weighted by atomic mass is 10.1. The highest BCUT2D eigenvalue weighted by molar-refractivity contribution is 5.97. The zero-order valence-electron chi connectivity index (χ0n) is 17.4. The molecule has 0 atom stereocenters. The van der Waals surface area contributed by atoms with Gasteiger partial charge < -0.3 is 10.1 Å². The standard InChI is InChI=1S/C23H17FN8O/c1-12(7-27-11-25-2)18-6-16-19(10-28-18)31-32-22(16)23-29-20-9-26-8-17(21(20)30-23)13-3-14(24)5-15(33)4-13/h3-11,33H,2H2,1H3,(H,29,30)(H,31,32)/b12-7+,27-11?. The number of fused-ring (bicyclic) bond motifs is 2. The van der Waals surface area contributed by atoms with Crippen LogP contribution in [0.2, 0.25) is 0 Å². The number of aromatic nitrogens is 6. The summed E-state index contributed by atoms with van der Waals surface area (Å²) in [6.45, 7) is 5.25. The molecule has 0 saturated carbocycles. The molecule has 0 saturated heterocycles. The molecule has 5 rings (SSSR count). The number of nitrogens with zero attached hydrogens (tertiary/aromatic N) is 6. The van der Waals surface area contributed by atoms with Crippen molar-refractivity contribution in [2.45, 2.75) is 6.92 Å². The Balaban J connectivity index is 1.63. The van der Waals surface area contributed by atoms with Crippen molar-refractivity contribution in [3.63, 3.8) is 0 Å². The Morgan fingerprint density at radius 1 is 1.15 bits per heavy atom. The Morgan fingerprint density at radius 2 is 2.03 bits per heavy atom. The third kappa shape index (κ3) is 3.74. The van der Waals surface area contributed by atoms with Gasteiger partial charge in [0.2, 0.25) is 0 Å². The molecule has 0 aliphatic rings. The van der Waals surface area contributed by atoms with Gasteiger partial charge in [-0.15, -0.1) is 0 Å². The van der Waals surface area contributed by atoms with Gasteiger partial charge in [0.05, 0.1) is 34.6 Å². The van der Waals surface area contributed by atoms with Gasteiger partial charge in [0.15, 0.2) is 5.82 Å². The summed E-state index contributed by atoms with van der Waals surface area (Å²) in [7, 11) is 0. The van der Waals surface area contributed by atoms with Crippen LogP contribution in [-0.2, 0) is 0 Å². The summed E-state index contributed by atoms with van der Waals surface area (Å²) in [6.07, 6.45) is 7.91. The molecule has 0 bridgehead atoms. The smallest absolute Gasteiger partial charge is 0.159 e. The quantitative estimate of drug-likeness (QED) is 0.274. The summed E-state index contributed by atoms with van der Waals surface area (Å²) < 4.78 is 13.9. The van der Waals surface area contributed by atoms with Crippen LogP contribution in [0.1, 0.15) is 12.6 Å². The summed E-state index contributed by atoms with van der Waals surface area (Å²) in [5.74, 6) is -0.209. The third-order valence-electron chi connectivity index (χ3n) is 5.08. The fourth-order valence-electron chi connectivity index (χ4n) is 3.56. The number of pyridine rings is 2. The van der Waals surface area contributed by atoms with E-state index in [1.165, 1.54) is 18.5 Å². The van der Waals surface area contributed by atoms with E-state index >= 15 is 0 Å². The first-order valence-electron chi connectivity index (χ1n) is 9.86. The van der Waals surface area contributed by atoms with E-state index in [9.17, 15) is 9.50 Å². The molecule has 4 heterocycles. The topological polar surface area (TPSA) is 128 Å². The second-order valence-corrected chi connectivity index (χ2v) is 7.31. The maximum absolute atomic E-state index is 13.9. The fourth-order valence-corrected chi connectivity index (χ4v) is 3.56. The van der Waals surface area contributed by atoms with Gasteiger partial charge in [-0.25, -0.2) is 14.4 Å². The van der Waals surface area contributed by atoms with E-state index in [1.807, 2.05) is 13.0 Å². The van der Waals surface area contributed by atoms with Gasteiger partial charge in [-0.2, -0.15) is 5.10 Å². The average molecular weight is 440 g/mol. The molecule has 33 heavy (non-hydrogen) atoms. The normalized spacial score (nSPS) is 12.2. The first-order chi connectivity index (χ1) is 16.0.